The molecule has 2 aromatic carbocycles. The van der Waals surface area contributed by atoms with Gasteiger partial charge in [-0.2, -0.15) is 0 Å². The Balaban J connectivity index is 2.25. The second-order valence-electron chi connectivity index (χ2n) is 4.62. The molecule has 1 nitrogen and oxygen atoms in total. The molecule has 20 heavy (non-hydrogen) atoms. The molecule has 0 aliphatic carbocycles. The number of hydrogen-bond donors (Lipinski definition) is 1. The lowest BCUT2D eigenvalue weighted by atomic mass is 10.0. The van der Waals surface area contributed by atoms with Gasteiger partial charge in [-0.05, 0) is 42.8 Å². The highest BCUT2D eigenvalue weighted by Crippen LogP contribution is 2.30. The van der Waals surface area contributed by atoms with E-state index in [-0.39, 0.29) is 10.8 Å². The van der Waals surface area contributed by atoms with Crippen LogP contribution in [0.1, 0.15) is 18.9 Å². The summed E-state index contributed by atoms with van der Waals surface area (Å²) in [6.07, 6.45) is 1.03. The summed E-state index contributed by atoms with van der Waals surface area (Å²) in [6, 6.07) is 8.96. The molecule has 0 amide bonds. The summed E-state index contributed by atoms with van der Waals surface area (Å²) in [5, 5.41) is 3.42. The van der Waals surface area contributed by atoms with E-state index >= 15 is 0 Å². The first-order valence-electron chi connectivity index (χ1n) is 6.56. The van der Waals surface area contributed by atoms with Gasteiger partial charge in [0.25, 0.3) is 0 Å². The monoisotopic (exact) mass is 295 g/mol. The lowest BCUT2D eigenvalue weighted by Crippen LogP contribution is -2.13. The fourth-order valence-electron chi connectivity index (χ4n) is 2.00. The third-order valence-corrected chi connectivity index (χ3v) is 3.32. The number of nitrogens with one attached hydrogen (secondary N) is 1. The molecule has 106 valence electrons. The van der Waals surface area contributed by atoms with E-state index in [1.807, 2.05) is 6.07 Å². The molecular weight excluding hydrogens is 280 g/mol. The standard InChI is InChI=1S/C16H16ClF2N/c1-2-7-20-10-11-3-5-14(16(19)8-11)13-6-4-12(18)9-15(13)17/h3-6,8-9,20H,2,7,10H2,1H3. The average Bonchev–Trinajstić information content (AvgIpc) is 2.40. The predicted molar refractivity (Wildman–Crippen MR) is 78.8 cm³/mol. The fourth-order valence-corrected chi connectivity index (χ4v) is 2.27. The van der Waals surface area contributed by atoms with Crippen molar-refractivity contribution in [3.05, 3.63) is 58.6 Å². The zero-order chi connectivity index (χ0) is 14.5. The van der Waals surface area contributed by atoms with Crippen LogP contribution in [0.15, 0.2) is 36.4 Å². The van der Waals surface area contributed by atoms with Crippen molar-refractivity contribution in [3.63, 3.8) is 0 Å². The van der Waals surface area contributed by atoms with Gasteiger partial charge >= 0.3 is 0 Å². The average molecular weight is 296 g/mol. The van der Waals surface area contributed by atoms with E-state index in [9.17, 15) is 8.78 Å². The second kappa shape index (κ2) is 6.82. The third-order valence-electron chi connectivity index (χ3n) is 3.01. The van der Waals surface area contributed by atoms with Crippen LogP contribution < -0.4 is 5.32 Å². The minimum absolute atomic E-state index is 0.209. The fraction of sp³-hybridized carbons (Fsp3) is 0.250. The maximum Gasteiger partial charge on any atom is 0.131 e. The van der Waals surface area contributed by atoms with Gasteiger partial charge in [-0.15, -0.1) is 0 Å². The Morgan fingerprint density at radius 3 is 2.45 bits per heavy atom. The van der Waals surface area contributed by atoms with Gasteiger partial charge < -0.3 is 5.32 Å². The molecule has 0 radical (unpaired) electrons. The smallest absolute Gasteiger partial charge is 0.131 e. The van der Waals surface area contributed by atoms with Crippen molar-refractivity contribution in [2.45, 2.75) is 19.9 Å². The molecule has 0 saturated carbocycles. The lowest BCUT2D eigenvalue weighted by molar-refractivity contribution is 0.621. The minimum atomic E-state index is -0.431. The zero-order valence-corrected chi connectivity index (χ0v) is 12.0. The normalized spacial score (nSPS) is 10.8. The minimum Gasteiger partial charge on any atom is -0.313 e. The number of rotatable bonds is 5. The Hall–Kier alpha value is -1.45. The lowest BCUT2D eigenvalue weighted by Gasteiger charge is -2.09. The maximum absolute atomic E-state index is 14.1. The van der Waals surface area contributed by atoms with Crippen LogP contribution >= 0.6 is 11.6 Å². The first-order chi connectivity index (χ1) is 9.61. The molecule has 0 bridgehead atoms. The second-order valence-corrected chi connectivity index (χ2v) is 5.02. The summed E-state index contributed by atoms with van der Waals surface area (Å²) < 4.78 is 27.2. The molecule has 4 heteroatoms. The molecule has 0 unspecified atom stereocenters. The van der Waals surface area contributed by atoms with Crippen LogP contribution in [0, 0.1) is 11.6 Å². The molecule has 1 N–H and O–H groups in total. The van der Waals surface area contributed by atoms with E-state index in [1.165, 1.54) is 24.3 Å². The van der Waals surface area contributed by atoms with Gasteiger partial charge in [0.05, 0.1) is 5.02 Å². The van der Waals surface area contributed by atoms with Crippen molar-refractivity contribution in [1.29, 1.82) is 0 Å². The topological polar surface area (TPSA) is 12.0 Å². The molecule has 0 aromatic heterocycles. The number of benzene rings is 2. The number of halogens is 3. The summed E-state index contributed by atoms with van der Waals surface area (Å²) in [7, 11) is 0. The van der Waals surface area contributed by atoms with Crippen LogP contribution in [0.5, 0.6) is 0 Å². The molecule has 0 atom stereocenters. The molecule has 2 rings (SSSR count). The van der Waals surface area contributed by atoms with E-state index in [4.69, 9.17) is 11.6 Å². The molecule has 0 fully saturated rings. The predicted octanol–water partition coefficient (Wildman–Crippen LogP) is 4.78. The van der Waals surface area contributed by atoms with Gasteiger partial charge in [0.2, 0.25) is 0 Å². The van der Waals surface area contributed by atoms with E-state index in [0.29, 0.717) is 17.7 Å². The Morgan fingerprint density at radius 2 is 1.80 bits per heavy atom. The van der Waals surface area contributed by atoms with E-state index in [1.54, 1.807) is 6.07 Å². The first kappa shape index (κ1) is 14.9. The van der Waals surface area contributed by atoms with Gasteiger partial charge in [-0.1, -0.05) is 30.7 Å². The first-order valence-corrected chi connectivity index (χ1v) is 6.94. The molecule has 0 heterocycles. The van der Waals surface area contributed by atoms with Crippen molar-refractivity contribution < 1.29 is 8.78 Å². The van der Waals surface area contributed by atoms with E-state index < -0.39 is 5.82 Å². The molecule has 2 aromatic rings. The van der Waals surface area contributed by atoms with Gasteiger partial charge in [0, 0.05) is 17.7 Å². The Morgan fingerprint density at radius 1 is 1.05 bits per heavy atom. The summed E-state index contributed by atoms with van der Waals surface area (Å²) in [5.74, 6) is -0.783. The maximum atomic E-state index is 14.1. The van der Waals surface area contributed by atoms with E-state index in [0.717, 1.165) is 18.5 Å². The van der Waals surface area contributed by atoms with Crippen LogP contribution in [0.3, 0.4) is 0 Å². The van der Waals surface area contributed by atoms with Gasteiger partial charge in [0.15, 0.2) is 0 Å². The summed E-state index contributed by atoms with van der Waals surface area (Å²) >= 11 is 5.96. The molecule has 0 aliphatic rings. The van der Waals surface area contributed by atoms with Crippen LogP contribution in [0.25, 0.3) is 11.1 Å². The van der Waals surface area contributed by atoms with Gasteiger partial charge in [0.1, 0.15) is 11.6 Å². The highest BCUT2D eigenvalue weighted by molar-refractivity contribution is 6.33. The van der Waals surface area contributed by atoms with Gasteiger partial charge in [-0.25, -0.2) is 8.78 Å². The van der Waals surface area contributed by atoms with Crippen molar-refractivity contribution >= 4 is 11.6 Å². The Bertz CT molecular complexity index is 599. The zero-order valence-electron chi connectivity index (χ0n) is 11.2. The van der Waals surface area contributed by atoms with Crippen molar-refractivity contribution in [2.75, 3.05) is 6.54 Å². The Labute approximate surface area is 122 Å². The molecule has 0 saturated heterocycles. The van der Waals surface area contributed by atoms with Gasteiger partial charge in [-0.3, -0.25) is 0 Å². The van der Waals surface area contributed by atoms with Crippen molar-refractivity contribution in [1.82, 2.24) is 5.32 Å². The van der Waals surface area contributed by atoms with Crippen LogP contribution in [-0.4, -0.2) is 6.54 Å². The van der Waals surface area contributed by atoms with E-state index in [2.05, 4.69) is 12.2 Å². The highest BCUT2D eigenvalue weighted by Gasteiger charge is 2.10. The van der Waals surface area contributed by atoms with Crippen LogP contribution in [0.2, 0.25) is 5.02 Å². The summed E-state index contributed by atoms with van der Waals surface area (Å²) in [6.45, 7) is 3.60. The van der Waals surface area contributed by atoms with Crippen molar-refractivity contribution in [2.24, 2.45) is 0 Å². The highest BCUT2D eigenvalue weighted by atomic mass is 35.5. The quantitative estimate of drug-likeness (QED) is 0.782. The SMILES string of the molecule is CCCNCc1ccc(-c2ccc(F)cc2Cl)c(F)c1. The van der Waals surface area contributed by atoms with Crippen LogP contribution in [0.4, 0.5) is 8.78 Å². The molecule has 0 aliphatic heterocycles. The van der Waals surface area contributed by atoms with Crippen LogP contribution in [-0.2, 0) is 6.54 Å². The Kier molecular flexibility index (Phi) is 5.10. The largest absolute Gasteiger partial charge is 0.313 e. The summed E-state index contributed by atoms with van der Waals surface area (Å²) in [4.78, 5) is 0. The van der Waals surface area contributed by atoms with Crippen molar-refractivity contribution in [3.8, 4) is 11.1 Å². The number of hydrogen-bond acceptors (Lipinski definition) is 1. The molecule has 0 spiro atoms. The molecular formula is C16H16ClF2N. The summed E-state index contributed by atoms with van der Waals surface area (Å²) in [5.41, 5.74) is 1.76. The third kappa shape index (κ3) is 3.56.